The Labute approximate surface area is 160 Å². The number of nitrogens with zero attached hydrogens (tertiary/aromatic N) is 1. The summed E-state index contributed by atoms with van der Waals surface area (Å²) in [5.74, 6) is -0.805. The predicted molar refractivity (Wildman–Crippen MR) is 105 cm³/mol. The van der Waals surface area contributed by atoms with E-state index >= 15 is 0 Å². The average molecular weight is 419 g/mol. The van der Waals surface area contributed by atoms with Crippen LogP contribution in [0.15, 0.2) is 59.1 Å². The number of rotatable bonds is 5. The van der Waals surface area contributed by atoms with Gasteiger partial charge in [-0.1, -0.05) is 45.7 Å². The van der Waals surface area contributed by atoms with Crippen LogP contribution in [-0.2, 0) is 11.2 Å². The average Bonchev–Trinajstić information content (AvgIpc) is 2.99. The summed E-state index contributed by atoms with van der Waals surface area (Å²) in [4.78, 5) is 11.0. The second-order valence-electron chi connectivity index (χ2n) is 5.88. The molecule has 3 nitrogen and oxygen atoms in total. The molecule has 0 amide bonds. The Hall–Kier alpha value is -2.04. The van der Waals surface area contributed by atoms with Crippen molar-refractivity contribution in [2.75, 3.05) is 0 Å². The van der Waals surface area contributed by atoms with Gasteiger partial charge in [0.1, 0.15) is 0 Å². The van der Waals surface area contributed by atoms with Crippen LogP contribution in [0.25, 0.3) is 16.9 Å². The molecule has 0 unspecified atom stereocenters. The summed E-state index contributed by atoms with van der Waals surface area (Å²) < 4.78 is 3.12. The summed E-state index contributed by atoms with van der Waals surface area (Å²) in [6.07, 6.45) is 0.543. The molecule has 0 spiro atoms. The Morgan fingerprint density at radius 1 is 1.12 bits per heavy atom. The number of aromatic nitrogens is 1. The van der Waals surface area contributed by atoms with Gasteiger partial charge < -0.3 is 9.67 Å². The molecule has 0 radical (unpaired) electrons. The normalized spacial score (nSPS) is 10.8. The molecule has 2 aromatic carbocycles. The fourth-order valence-electron chi connectivity index (χ4n) is 2.86. The first kappa shape index (κ1) is 17.8. The van der Waals surface area contributed by atoms with Crippen LogP contribution in [0.3, 0.4) is 0 Å². The van der Waals surface area contributed by atoms with Crippen molar-refractivity contribution in [3.63, 3.8) is 0 Å². The zero-order valence-electron chi connectivity index (χ0n) is 13.7. The van der Waals surface area contributed by atoms with E-state index < -0.39 is 5.97 Å². The minimum atomic E-state index is -0.805. The van der Waals surface area contributed by atoms with Gasteiger partial charge in [-0.3, -0.25) is 4.79 Å². The van der Waals surface area contributed by atoms with Gasteiger partial charge in [-0.05, 0) is 60.9 Å². The zero-order chi connectivity index (χ0) is 18.0. The standard InChI is InChI=1S/C20H17BrClNO2/c1-13-2-7-16(22)12-19(13)23-17(9-11-20(24)25)8-10-18(23)14-3-5-15(21)6-4-14/h2-8,10,12H,9,11H2,1H3,(H,24,25). The Morgan fingerprint density at radius 2 is 1.84 bits per heavy atom. The molecule has 0 atom stereocenters. The third kappa shape index (κ3) is 3.97. The van der Waals surface area contributed by atoms with Crippen LogP contribution in [-0.4, -0.2) is 15.6 Å². The molecule has 5 heteroatoms. The molecule has 25 heavy (non-hydrogen) atoms. The quantitative estimate of drug-likeness (QED) is 0.561. The summed E-state index contributed by atoms with van der Waals surface area (Å²) in [5.41, 5.74) is 5.07. The van der Waals surface area contributed by atoms with Crippen LogP contribution >= 0.6 is 27.5 Å². The lowest BCUT2D eigenvalue weighted by Gasteiger charge is -2.16. The Balaban J connectivity index is 2.17. The Bertz CT molecular complexity index is 916. The van der Waals surface area contributed by atoms with E-state index in [0.717, 1.165) is 32.7 Å². The molecule has 3 rings (SSSR count). The van der Waals surface area contributed by atoms with Gasteiger partial charge in [0.15, 0.2) is 0 Å². The highest BCUT2D eigenvalue weighted by molar-refractivity contribution is 9.10. The van der Waals surface area contributed by atoms with Crippen molar-refractivity contribution in [1.29, 1.82) is 0 Å². The summed E-state index contributed by atoms with van der Waals surface area (Å²) in [5, 5.41) is 9.71. The van der Waals surface area contributed by atoms with Crippen molar-refractivity contribution in [1.82, 2.24) is 4.57 Å². The van der Waals surface area contributed by atoms with E-state index in [0.29, 0.717) is 11.4 Å². The molecule has 128 valence electrons. The lowest BCUT2D eigenvalue weighted by Crippen LogP contribution is -2.06. The highest BCUT2D eigenvalue weighted by atomic mass is 79.9. The minimum Gasteiger partial charge on any atom is -0.481 e. The Morgan fingerprint density at radius 3 is 2.52 bits per heavy atom. The highest BCUT2D eigenvalue weighted by Gasteiger charge is 2.15. The van der Waals surface area contributed by atoms with Gasteiger partial charge in [-0.15, -0.1) is 0 Å². The molecule has 0 aliphatic heterocycles. The topological polar surface area (TPSA) is 42.2 Å². The van der Waals surface area contributed by atoms with E-state index in [9.17, 15) is 4.79 Å². The number of carboxylic acids is 1. The summed E-state index contributed by atoms with van der Waals surface area (Å²) in [7, 11) is 0. The predicted octanol–water partition coefficient (Wildman–Crippen LogP) is 5.89. The number of benzene rings is 2. The van der Waals surface area contributed by atoms with E-state index in [1.54, 1.807) is 0 Å². The summed E-state index contributed by atoms with van der Waals surface area (Å²) >= 11 is 9.68. The van der Waals surface area contributed by atoms with Crippen molar-refractivity contribution in [2.45, 2.75) is 19.8 Å². The maximum absolute atomic E-state index is 11.0. The van der Waals surface area contributed by atoms with Crippen molar-refractivity contribution >= 4 is 33.5 Å². The van der Waals surface area contributed by atoms with E-state index in [2.05, 4.69) is 20.5 Å². The molecule has 1 N–H and O–H groups in total. The maximum Gasteiger partial charge on any atom is 0.303 e. The van der Waals surface area contributed by atoms with Crippen LogP contribution in [0, 0.1) is 6.92 Å². The molecule has 3 aromatic rings. The van der Waals surface area contributed by atoms with Gasteiger partial charge in [-0.25, -0.2) is 0 Å². The first-order valence-corrected chi connectivity index (χ1v) is 9.07. The number of aryl methyl sites for hydroxylation is 2. The van der Waals surface area contributed by atoms with E-state index in [-0.39, 0.29) is 6.42 Å². The second-order valence-corrected chi connectivity index (χ2v) is 7.23. The molecule has 0 fully saturated rings. The first-order valence-electron chi connectivity index (χ1n) is 7.90. The maximum atomic E-state index is 11.0. The van der Waals surface area contributed by atoms with E-state index in [4.69, 9.17) is 16.7 Å². The SMILES string of the molecule is Cc1ccc(Cl)cc1-n1c(CCC(=O)O)ccc1-c1ccc(Br)cc1. The molecular weight excluding hydrogens is 402 g/mol. The molecule has 0 saturated heterocycles. The monoisotopic (exact) mass is 417 g/mol. The molecule has 0 aliphatic carbocycles. The molecule has 0 saturated carbocycles. The molecule has 1 aromatic heterocycles. The molecular formula is C20H17BrClNO2. The van der Waals surface area contributed by atoms with Crippen LogP contribution < -0.4 is 0 Å². The van der Waals surface area contributed by atoms with Gasteiger partial charge in [-0.2, -0.15) is 0 Å². The van der Waals surface area contributed by atoms with Crippen molar-refractivity contribution < 1.29 is 9.90 Å². The van der Waals surface area contributed by atoms with Crippen molar-refractivity contribution in [2.24, 2.45) is 0 Å². The van der Waals surface area contributed by atoms with Crippen LogP contribution in [0.1, 0.15) is 17.7 Å². The van der Waals surface area contributed by atoms with Gasteiger partial charge in [0, 0.05) is 15.2 Å². The largest absolute Gasteiger partial charge is 0.481 e. The second kappa shape index (κ2) is 7.46. The number of halogens is 2. The van der Waals surface area contributed by atoms with Gasteiger partial charge in [0.25, 0.3) is 0 Å². The number of carboxylic acid groups (broad SMARTS) is 1. The molecule has 0 bridgehead atoms. The Kier molecular flexibility index (Phi) is 5.30. The first-order chi connectivity index (χ1) is 12.0. The number of hydrogen-bond acceptors (Lipinski definition) is 1. The fraction of sp³-hybridized carbons (Fsp3) is 0.150. The minimum absolute atomic E-state index is 0.0867. The van der Waals surface area contributed by atoms with Crippen LogP contribution in [0.2, 0.25) is 5.02 Å². The van der Waals surface area contributed by atoms with Gasteiger partial charge in [0.2, 0.25) is 0 Å². The lowest BCUT2D eigenvalue weighted by atomic mass is 10.1. The van der Waals surface area contributed by atoms with Crippen molar-refractivity contribution in [3.05, 3.63) is 75.4 Å². The smallest absolute Gasteiger partial charge is 0.303 e. The fourth-order valence-corrected chi connectivity index (χ4v) is 3.29. The van der Waals surface area contributed by atoms with Crippen LogP contribution in [0.4, 0.5) is 0 Å². The van der Waals surface area contributed by atoms with Gasteiger partial charge >= 0.3 is 5.97 Å². The number of hydrogen-bond donors (Lipinski definition) is 1. The molecule has 1 heterocycles. The third-order valence-electron chi connectivity index (χ3n) is 4.11. The summed E-state index contributed by atoms with van der Waals surface area (Å²) in [6, 6.07) is 17.8. The lowest BCUT2D eigenvalue weighted by molar-refractivity contribution is -0.136. The highest BCUT2D eigenvalue weighted by Crippen LogP contribution is 2.31. The molecule has 0 aliphatic rings. The van der Waals surface area contributed by atoms with Crippen LogP contribution in [0.5, 0.6) is 0 Å². The van der Waals surface area contributed by atoms with Gasteiger partial charge in [0.05, 0.1) is 17.8 Å². The zero-order valence-corrected chi connectivity index (χ0v) is 16.0. The number of aliphatic carboxylic acids is 1. The number of carbonyl (C=O) groups is 1. The third-order valence-corrected chi connectivity index (χ3v) is 4.87. The van der Waals surface area contributed by atoms with E-state index in [1.807, 2.05) is 61.5 Å². The summed E-state index contributed by atoms with van der Waals surface area (Å²) in [6.45, 7) is 2.03. The van der Waals surface area contributed by atoms with E-state index in [1.165, 1.54) is 0 Å². The van der Waals surface area contributed by atoms with Crippen molar-refractivity contribution in [3.8, 4) is 16.9 Å².